The lowest BCUT2D eigenvalue weighted by atomic mass is 10.2. The zero-order chi connectivity index (χ0) is 10.6. The fraction of sp³-hybridized carbons (Fsp3) is 0.222. The van der Waals surface area contributed by atoms with Crippen molar-refractivity contribution in [2.75, 3.05) is 6.54 Å². The molecule has 0 radical (unpaired) electrons. The van der Waals surface area contributed by atoms with Crippen molar-refractivity contribution >= 4 is 21.8 Å². The summed E-state index contributed by atoms with van der Waals surface area (Å²) in [5.74, 6) is 5.53. The van der Waals surface area contributed by atoms with E-state index >= 15 is 0 Å². The molecule has 0 aromatic heterocycles. The van der Waals surface area contributed by atoms with E-state index < -0.39 is 0 Å². The summed E-state index contributed by atoms with van der Waals surface area (Å²) in [6, 6.07) is 4.61. The fourth-order valence-electron chi connectivity index (χ4n) is 1.02. The molecule has 0 fully saturated rings. The number of amidine groups is 1. The van der Waals surface area contributed by atoms with Crippen LogP contribution in [0.25, 0.3) is 0 Å². The van der Waals surface area contributed by atoms with Crippen molar-refractivity contribution in [3.63, 3.8) is 0 Å². The van der Waals surface area contributed by atoms with Crippen LogP contribution in [0.15, 0.2) is 27.7 Å². The Morgan fingerprint density at radius 3 is 2.86 bits per heavy atom. The number of rotatable bonds is 2. The first kappa shape index (κ1) is 11.1. The Hall–Kier alpha value is -0.940. The monoisotopic (exact) mass is 259 g/mol. The summed E-state index contributed by atoms with van der Waals surface area (Å²) < 4.78 is 13.3. The molecule has 0 unspecified atom stereocenters. The van der Waals surface area contributed by atoms with E-state index in [9.17, 15) is 4.39 Å². The Labute approximate surface area is 90.3 Å². The Balaban J connectivity index is 3.06. The molecule has 0 aliphatic rings. The predicted octanol–water partition coefficient (Wildman–Crippen LogP) is 1.82. The van der Waals surface area contributed by atoms with Gasteiger partial charge in [0.25, 0.3) is 0 Å². The number of benzene rings is 1. The van der Waals surface area contributed by atoms with Crippen molar-refractivity contribution in [2.24, 2.45) is 10.8 Å². The van der Waals surface area contributed by atoms with E-state index in [4.69, 9.17) is 5.84 Å². The minimum absolute atomic E-state index is 0.304. The highest BCUT2D eigenvalue weighted by atomic mass is 79.9. The number of aliphatic imine (C=N–C) groups is 1. The zero-order valence-electron chi connectivity index (χ0n) is 7.72. The number of hydrogen-bond acceptors (Lipinski definition) is 2. The molecule has 0 saturated carbocycles. The Bertz CT molecular complexity index is 352. The number of nitrogens with zero attached hydrogens (tertiary/aromatic N) is 1. The molecular weight excluding hydrogens is 249 g/mol. The van der Waals surface area contributed by atoms with Crippen LogP contribution in [0.1, 0.15) is 12.5 Å². The molecule has 0 amide bonds. The van der Waals surface area contributed by atoms with Crippen LogP contribution < -0.4 is 11.3 Å². The molecule has 0 aliphatic heterocycles. The maximum Gasteiger partial charge on any atom is 0.142 e. The highest BCUT2D eigenvalue weighted by molar-refractivity contribution is 9.10. The number of hydrazine groups is 1. The van der Waals surface area contributed by atoms with Crippen LogP contribution in [-0.2, 0) is 0 Å². The Kier molecular flexibility index (Phi) is 4.03. The van der Waals surface area contributed by atoms with Gasteiger partial charge in [-0.15, -0.1) is 0 Å². The third-order valence-electron chi connectivity index (χ3n) is 1.65. The molecule has 0 heterocycles. The van der Waals surface area contributed by atoms with Gasteiger partial charge >= 0.3 is 0 Å². The minimum Gasteiger partial charge on any atom is -0.308 e. The van der Waals surface area contributed by atoms with E-state index in [0.29, 0.717) is 16.9 Å². The third kappa shape index (κ3) is 2.52. The third-order valence-corrected chi connectivity index (χ3v) is 2.25. The highest BCUT2D eigenvalue weighted by Crippen LogP contribution is 2.16. The molecule has 1 aromatic carbocycles. The lowest BCUT2D eigenvalue weighted by Gasteiger charge is -2.05. The first-order valence-electron chi connectivity index (χ1n) is 4.15. The van der Waals surface area contributed by atoms with Gasteiger partial charge in [0.2, 0.25) is 0 Å². The molecule has 76 valence electrons. The summed E-state index contributed by atoms with van der Waals surface area (Å²) >= 11 is 3.10. The van der Waals surface area contributed by atoms with Crippen molar-refractivity contribution < 1.29 is 4.39 Å². The number of hydrogen-bond donors (Lipinski definition) is 2. The number of halogens is 2. The molecule has 1 aromatic rings. The maximum atomic E-state index is 12.9. The molecular formula is C9H11BrFN3. The Morgan fingerprint density at radius 1 is 1.64 bits per heavy atom. The quantitative estimate of drug-likeness (QED) is 0.369. The second-order valence-electron chi connectivity index (χ2n) is 2.60. The van der Waals surface area contributed by atoms with E-state index in [0.717, 1.165) is 5.56 Å². The summed E-state index contributed by atoms with van der Waals surface area (Å²) in [6.45, 7) is 2.52. The first-order chi connectivity index (χ1) is 6.69. The topological polar surface area (TPSA) is 50.4 Å². The molecule has 0 atom stereocenters. The van der Waals surface area contributed by atoms with Gasteiger partial charge in [-0.1, -0.05) is 0 Å². The van der Waals surface area contributed by atoms with Crippen LogP contribution in [0.2, 0.25) is 0 Å². The second kappa shape index (κ2) is 5.07. The van der Waals surface area contributed by atoms with E-state index in [-0.39, 0.29) is 5.82 Å². The van der Waals surface area contributed by atoms with Crippen LogP contribution in [0, 0.1) is 5.82 Å². The predicted molar refractivity (Wildman–Crippen MR) is 58.5 cm³/mol. The fourth-order valence-corrected chi connectivity index (χ4v) is 1.40. The van der Waals surface area contributed by atoms with Crippen molar-refractivity contribution in [1.82, 2.24) is 5.43 Å². The van der Waals surface area contributed by atoms with Gasteiger partial charge in [0, 0.05) is 12.1 Å². The zero-order valence-corrected chi connectivity index (χ0v) is 9.31. The summed E-state index contributed by atoms with van der Waals surface area (Å²) in [5.41, 5.74) is 3.23. The van der Waals surface area contributed by atoms with Crippen molar-refractivity contribution in [3.8, 4) is 0 Å². The van der Waals surface area contributed by atoms with Crippen LogP contribution >= 0.6 is 15.9 Å². The maximum absolute atomic E-state index is 12.9. The number of nitrogens with two attached hydrogens (primary N) is 1. The minimum atomic E-state index is -0.304. The number of nitrogens with one attached hydrogen (secondary N) is 1. The lowest BCUT2D eigenvalue weighted by molar-refractivity contribution is 0.621. The van der Waals surface area contributed by atoms with E-state index in [1.54, 1.807) is 12.1 Å². The summed E-state index contributed by atoms with van der Waals surface area (Å²) in [4.78, 5) is 4.12. The highest BCUT2D eigenvalue weighted by Gasteiger charge is 2.04. The second-order valence-corrected chi connectivity index (χ2v) is 3.45. The molecule has 0 saturated heterocycles. The summed E-state index contributed by atoms with van der Waals surface area (Å²) in [6.07, 6.45) is 0. The first-order valence-corrected chi connectivity index (χ1v) is 4.94. The van der Waals surface area contributed by atoms with Gasteiger partial charge in [-0.3, -0.25) is 4.99 Å². The van der Waals surface area contributed by atoms with Crippen LogP contribution in [0.4, 0.5) is 4.39 Å². The van der Waals surface area contributed by atoms with Crippen LogP contribution in [0.5, 0.6) is 0 Å². The van der Waals surface area contributed by atoms with E-state index in [1.165, 1.54) is 6.07 Å². The van der Waals surface area contributed by atoms with Crippen LogP contribution in [0.3, 0.4) is 0 Å². The van der Waals surface area contributed by atoms with E-state index in [1.807, 2.05) is 6.92 Å². The normalized spacial score (nSPS) is 11.6. The lowest BCUT2D eigenvalue weighted by Crippen LogP contribution is -2.31. The Morgan fingerprint density at radius 2 is 2.36 bits per heavy atom. The molecule has 0 aliphatic carbocycles. The molecule has 0 bridgehead atoms. The van der Waals surface area contributed by atoms with Gasteiger partial charge < -0.3 is 5.43 Å². The van der Waals surface area contributed by atoms with Gasteiger partial charge in [-0.2, -0.15) is 0 Å². The van der Waals surface area contributed by atoms with Gasteiger partial charge in [-0.25, -0.2) is 10.2 Å². The molecule has 3 nitrogen and oxygen atoms in total. The molecule has 0 spiro atoms. The SMILES string of the molecule is CCN=C(NN)c1ccc(F)c(Br)c1. The van der Waals surface area contributed by atoms with Gasteiger partial charge in [0.15, 0.2) is 0 Å². The van der Waals surface area contributed by atoms with Crippen LogP contribution in [-0.4, -0.2) is 12.4 Å². The average molecular weight is 260 g/mol. The van der Waals surface area contributed by atoms with Gasteiger partial charge in [0.05, 0.1) is 4.47 Å². The van der Waals surface area contributed by atoms with Crippen molar-refractivity contribution in [2.45, 2.75) is 6.92 Å². The molecule has 3 N–H and O–H groups in total. The van der Waals surface area contributed by atoms with E-state index in [2.05, 4.69) is 26.3 Å². The largest absolute Gasteiger partial charge is 0.308 e. The smallest absolute Gasteiger partial charge is 0.142 e. The standard InChI is InChI=1S/C9H11BrFN3/c1-2-13-9(14-12)6-3-4-8(11)7(10)5-6/h3-5H,2,12H2,1H3,(H,13,14). The average Bonchev–Trinajstić information content (AvgIpc) is 2.19. The molecule has 5 heteroatoms. The molecule has 14 heavy (non-hydrogen) atoms. The summed E-state index contributed by atoms with van der Waals surface area (Å²) in [7, 11) is 0. The molecule has 1 rings (SSSR count). The van der Waals surface area contributed by atoms with Crippen molar-refractivity contribution in [1.29, 1.82) is 0 Å². The van der Waals surface area contributed by atoms with Crippen molar-refractivity contribution in [3.05, 3.63) is 34.1 Å². The van der Waals surface area contributed by atoms with Gasteiger partial charge in [-0.05, 0) is 41.1 Å². The van der Waals surface area contributed by atoms with Gasteiger partial charge in [0.1, 0.15) is 11.7 Å². The summed E-state index contributed by atoms with van der Waals surface area (Å²) in [5, 5.41) is 0.